The number of fused-ring (bicyclic) bond motifs is 1. The lowest BCUT2D eigenvalue weighted by molar-refractivity contribution is 0.245. The number of hydrazine groups is 1. The van der Waals surface area contributed by atoms with Gasteiger partial charge in [-0.05, 0) is 18.1 Å². The molecule has 2 unspecified atom stereocenters. The highest BCUT2D eigenvalue weighted by molar-refractivity contribution is 7.09. The van der Waals surface area contributed by atoms with E-state index < -0.39 is 0 Å². The second-order valence-corrected chi connectivity index (χ2v) is 5.70. The van der Waals surface area contributed by atoms with E-state index in [0.29, 0.717) is 5.92 Å². The second kappa shape index (κ2) is 5.69. The van der Waals surface area contributed by atoms with Gasteiger partial charge < -0.3 is 4.74 Å². The number of nitrogens with two attached hydrogens (primary N) is 1. The van der Waals surface area contributed by atoms with Crippen molar-refractivity contribution in [2.24, 2.45) is 5.84 Å². The maximum Gasteiger partial charge on any atom is 0.122 e. The van der Waals surface area contributed by atoms with Crippen molar-refractivity contribution in [2.45, 2.75) is 24.8 Å². The van der Waals surface area contributed by atoms with Gasteiger partial charge in [0.05, 0.1) is 12.1 Å². The summed E-state index contributed by atoms with van der Waals surface area (Å²) < 4.78 is 5.71. The lowest BCUT2D eigenvalue weighted by Crippen LogP contribution is -2.42. The van der Waals surface area contributed by atoms with Crippen molar-refractivity contribution in [1.82, 2.24) is 10.4 Å². The van der Waals surface area contributed by atoms with Crippen LogP contribution in [0.25, 0.3) is 0 Å². The monoisotopic (exact) mass is 275 g/mol. The van der Waals surface area contributed by atoms with Gasteiger partial charge in [0.1, 0.15) is 5.75 Å². The van der Waals surface area contributed by atoms with Crippen molar-refractivity contribution in [1.29, 1.82) is 0 Å². The fourth-order valence-electron chi connectivity index (χ4n) is 2.66. The average Bonchev–Trinajstić information content (AvgIpc) is 2.97. The molecule has 1 aromatic heterocycles. The molecule has 3 N–H and O–H groups in total. The number of para-hydroxylation sites is 1. The van der Waals surface area contributed by atoms with Crippen LogP contribution >= 0.6 is 11.3 Å². The van der Waals surface area contributed by atoms with Crippen LogP contribution in [-0.2, 0) is 6.42 Å². The first kappa shape index (κ1) is 12.6. The summed E-state index contributed by atoms with van der Waals surface area (Å²) in [5, 5.41) is 0. The fraction of sp³-hybridized carbons (Fsp3) is 0.357. The van der Waals surface area contributed by atoms with Crippen molar-refractivity contribution < 1.29 is 4.74 Å². The Morgan fingerprint density at radius 2 is 2.37 bits per heavy atom. The first-order valence-corrected chi connectivity index (χ1v) is 7.31. The van der Waals surface area contributed by atoms with Crippen LogP contribution in [0.15, 0.2) is 36.0 Å². The number of nitrogens with one attached hydrogen (secondary N) is 1. The van der Waals surface area contributed by atoms with Crippen molar-refractivity contribution >= 4 is 11.3 Å². The second-order valence-electron chi connectivity index (χ2n) is 4.73. The molecule has 0 saturated carbocycles. The van der Waals surface area contributed by atoms with Gasteiger partial charge >= 0.3 is 0 Å². The normalized spacial score (nSPS) is 19.5. The summed E-state index contributed by atoms with van der Waals surface area (Å²) in [4.78, 5) is 5.38. The molecule has 1 aromatic carbocycles. The van der Waals surface area contributed by atoms with Crippen LogP contribution in [0.2, 0.25) is 0 Å². The summed E-state index contributed by atoms with van der Waals surface area (Å²) in [6.45, 7) is 0.753. The van der Waals surface area contributed by atoms with E-state index in [4.69, 9.17) is 10.6 Å². The Bertz CT molecular complexity index is 529. The van der Waals surface area contributed by atoms with Crippen molar-refractivity contribution in [3.8, 4) is 5.75 Å². The Morgan fingerprint density at radius 1 is 1.47 bits per heavy atom. The van der Waals surface area contributed by atoms with Gasteiger partial charge in [0, 0.05) is 29.5 Å². The number of thiazole rings is 1. The van der Waals surface area contributed by atoms with E-state index in [1.807, 2.05) is 23.8 Å². The summed E-state index contributed by atoms with van der Waals surface area (Å²) >= 11 is 1.67. The van der Waals surface area contributed by atoms with Gasteiger partial charge in [0.25, 0.3) is 0 Å². The number of aromatic nitrogens is 1. The molecule has 2 heterocycles. The molecular weight excluding hydrogens is 258 g/mol. The standard InChI is InChI=1S/C14H17N3OS/c15-17-13(7-10-8-16-9-19-10)11-5-6-18-14-4-2-1-3-12(11)14/h1-4,8-9,11,13,17H,5-7,15H2. The molecule has 19 heavy (non-hydrogen) atoms. The quantitative estimate of drug-likeness (QED) is 0.662. The van der Waals surface area contributed by atoms with E-state index in [-0.39, 0.29) is 6.04 Å². The molecule has 3 rings (SSSR count). The molecule has 100 valence electrons. The summed E-state index contributed by atoms with van der Waals surface area (Å²) in [6, 6.07) is 8.44. The number of hydrogen-bond donors (Lipinski definition) is 2. The van der Waals surface area contributed by atoms with E-state index in [1.165, 1.54) is 10.4 Å². The van der Waals surface area contributed by atoms with Crippen LogP contribution in [0.3, 0.4) is 0 Å². The zero-order valence-electron chi connectivity index (χ0n) is 10.6. The molecule has 0 aliphatic carbocycles. The molecule has 0 fully saturated rings. The van der Waals surface area contributed by atoms with Crippen LogP contribution in [0.4, 0.5) is 0 Å². The Balaban J connectivity index is 1.84. The zero-order valence-corrected chi connectivity index (χ0v) is 11.4. The van der Waals surface area contributed by atoms with Crippen LogP contribution < -0.4 is 16.0 Å². The third kappa shape index (κ3) is 2.63. The molecule has 0 saturated heterocycles. The van der Waals surface area contributed by atoms with E-state index >= 15 is 0 Å². The van der Waals surface area contributed by atoms with Gasteiger partial charge in [-0.25, -0.2) is 0 Å². The predicted molar refractivity (Wildman–Crippen MR) is 76.2 cm³/mol. The Hall–Kier alpha value is -1.43. The molecular formula is C14H17N3OS. The molecule has 0 radical (unpaired) electrons. The highest BCUT2D eigenvalue weighted by atomic mass is 32.1. The Kier molecular flexibility index (Phi) is 3.77. The number of rotatable bonds is 4. The first-order valence-electron chi connectivity index (χ1n) is 6.43. The minimum Gasteiger partial charge on any atom is -0.493 e. The third-order valence-corrected chi connectivity index (χ3v) is 4.41. The minimum absolute atomic E-state index is 0.213. The van der Waals surface area contributed by atoms with E-state index in [9.17, 15) is 0 Å². The molecule has 0 bridgehead atoms. The fourth-order valence-corrected chi connectivity index (χ4v) is 3.32. The Morgan fingerprint density at radius 3 is 3.16 bits per heavy atom. The maximum atomic E-state index is 5.77. The number of nitrogens with zero attached hydrogens (tertiary/aromatic N) is 1. The van der Waals surface area contributed by atoms with Crippen LogP contribution in [0, 0.1) is 0 Å². The predicted octanol–water partition coefficient (Wildman–Crippen LogP) is 2.08. The average molecular weight is 275 g/mol. The number of benzene rings is 1. The SMILES string of the molecule is NNC(Cc1cncs1)C1CCOc2ccccc21. The molecule has 0 spiro atoms. The zero-order chi connectivity index (χ0) is 13.1. The summed E-state index contributed by atoms with van der Waals surface area (Å²) in [5.74, 6) is 7.15. The lowest BCUT2D eigenvalue weighted by atomic mass is 9.85. The maximum absolute atomic E-state index is 5.77. The molecule has 2 aromatic rings. The molecule has 1 aliphatic heterocycles. The summed E-state index contributed by atoms with van der Waals surface area (Å²) in [7, 11) is 0. The molecule has 4 nitrogen and oxygen atoms in total. The largest absolute Gasteiger partial charge is 0.493 e. The Labute approximate surface area is 116 Å². The van der Waals surface area contributed by atoms with Gasteiger partial charge in [-0.15, -0.1) is 11.3 Å². The molecule has 1 aliphatic rings. The molecule has 5 heteroatoms. The molecule has 2 atom stereocenters. The highest BCUT2D eigenvalue weighted by Crippen LogP contribution is 2.36. The van der Waals surface area contributed by atoms with E-state index in [2.05, 4.69) is 22.5 Å². The van der Waals surface area contributed by atoms with Crippen LogP contribution in [0.1, 0.15) is 22.8 Å². The topological polar surface area (TPSA) is 60.2 Å². The lowest BCUT2D eigenvalue weighted by Gasteiger charge is -2.31. The van der Waals surface area contributed by atoms with Gasteiger partial charge in [0.15, 0.2) is 0 Å². The number of hydrogen-bond acceptors (Lipinski definition) is 5. The van der Waals surface area contributed by atoms with Crippen molar-refractivity contribution in [3.63, 3.8) is 0 Å². The van der Waals surface area contributed by atoms with Gasteiger partial charge in [-0.3, -0.25) is 16.3 Å². The van der Waals surface area contributed by atoms with Gasteiger partial charge in [-0.1, -0.05) is 18.2 Å². The highest BCUT2D eigenvalue weighted by Gasteiger charge is 2.28. The van der Waals surface area contributed by atoms with Crippen LogP contribution in [0.5, 0.6) is 5.75 Å². The first-order chi connectivity index (χ1) is 9.38. The van der Waals surface area contributed by atoms with Crippen LogP contribution in [-0.4, -0.2) is 17.6 Å². The van der Waals surface area contributed by atoms with Crippen molar-refractivity contribution in [3.05, 3.63) is 46.4 Å². The summed E-state index contributed by atoms with van der Waals surface area (Å²) in [6.07, 6.45) is 3.81. The van der Waals surface area contributed by atoms with Gasteiger partial charge in [-0.2, -0.15) is 0 Å². The third-order valence-electron chi connectivity index (χ3n) is 3.61. The van der Waals surface area contributed by atoms with E-state index in [0.717, 1.165) is 25.2 Å². The van der Waals surface area contributed by atoms with Crippen molar-refractivity contribution in [2.75, 3.05) is 6.61 Å². The number of ether oxygens (including phenoxy) is 1. The minimum atomic E-state index is 0.213. The molecule has 0 amide bonds. The van der Waals surface area contributed by atoms with Gasteiger partial charge in [0.2, 0.25) is 0 Å². The smallest absolute Gasteiger partial charge is 0.122 e. The summed E-state index contributed by atoms with van der Waals surface area (Å²) in [5.41, 5.74) is 6.09. The van der Waals surface area contributed by atoms with E-state index in [1.54, 1.807) is 11.3 Å².